The summed E-state index contributed by atoms with van der Waals surface area (Å²) in [4.78, 5) is 18.6. The van der Waals surface area contributed by atoms with Crippen LogP contribution in [0.25, 0.3) is 17.0 Å². The molecule has 1 N–H and O–H groups in total. The Labute approximate surface area is 151 Å². The molecule has 1 amide bonds. The molecule has 25 heavy (non-hydrogen) atoms. The molecule has 0 aliphatic rings. The van der Waals surface area contributed by atoms with Crippen LogP contribution in [0.4, 0.5) is 11.5 Å². The summed E-state index contributed by atoms with van der Waals surface area (Å²) in [6.07, 6.45) is 3.25. The van der Waals surface area contributed by atoms with E-state index in [9.17, 15) is 4.79 Å². The van der Waals surface area contributed by atoms with Crippen molar-refractivity contribution in [1.82, 2.24) is 4.98 Å². The monoisotopic (exact) mass is 351 g/mol. The van der Waals surface area contributed by atoms with E-state index < -0.39 is 0 Å². The predicted molar refractivity (Wildman–Crippen MR) is 105 cm³/mol. The molecule has 0 unspecified atom stereocenters. The summed E-state index contributed by atoms with van der Waals surface area (Å²) in [5.74, 6) is 0.711. The third kappa shape index (κ3) is 4.37. The highest BCUT2D eigenvalue weighted by molar-refractivity contribution is 6.30. The second-order valence-corrected chi connectivity index (χ2v) is 6.28. The number of hydrogen-bond donors (Lipinski definition) is 1. The summed E-state index contributed by atoms with van der Waals surface area (Å²) >= 11 is 5.85. The van der Waals surface area contributed by atoms with Crippen molar-refractivity contribution in [3.8, 4) is 0 Å². The molecule has 0 radical (unpaired) electrons. The molecule has 0 saturated heterocycles. The van der Waals surface area contributed by atoms with Crippen LogP contribution >= 0.6 is 11.6 Å². The summed E-state index contributed by atoms with van der Waals surface area (Å²) in [5, 5.41) is 4.51. The van der Waals surface area contributed by atoms with Gasteiger partial charge in [0.1, 0.15) is 5.82 Å². The number of nitrogens with one attached hydrogen (secondary N) is 1. The molecule has 0 fully saturated rings. The van der Waals surface area contributed by atoms with E-state index in [1.54, 1.807) is 18.2 Å². The van der Waals surface area contributed by atoms with Gasteiger partial charge in [0.15, 0.2) is 0 Å². The summed E-state index contributed by atoms with van der Waals surface area (Å²) in [5.41, 5.74) is 2.54. The molecule has 3 aromatic rings. The Balaban J connectivity index is 1.72. The first kappa shape index (κ1) is 17.0. The van der Waals surface area contributed by atoms with Crippen molar-refractivity contribution in [3.63, 3.8) is 0 Å². The van der Waals surface area contributed by atoms with Gasteiger partial charge in [0.2, 0.25) is 5.91 Å². The average Bonchev–Trinajstić information content (AvgIpc) is 2.60. The Kier molecular flexibility index (Phi) is 5.00. The van der Waals surface area contributed by atoms with Crippen molar-refractivity contribution in [2.45, 2.75) is 0 Å². The number of benzene rings is 2. The quantitative estimate of drug-likeness (QED) is 0.698. The Morgan fingerprint density at radius 2 is 1.84 bits per heavy atom. The fraction of sp³-hybridized carbons (Fsp3) is 0.100. The van der Waals surface area contributed by atoms with Gasteiger partial charge in [-0.15, -0.1) is 0 Å². The lowest BCUT2D eigenvalue weighted by molar-refractivity contribution is -0.111. The number of nitrogens with zero attached hydrogens (tertiary/aromatic N) is 2. The van der Waals surface area contributed by atoms with E-state index in [-0.39, 0.29) is 5.91 Å². The molecule has 2 aromatic carbocycles. The molecule has 3 rings (SSSR count). The number of anilines is 2. The van der Waals surface area contributed by atoms with Crippen LogP contribution in [0.3, 0.4) is 0 Å². The lowest BCUT2D eigenvalue weighted by Crippen LogP contribution is -2.10. The highest BCUT2D eigenvalue weighted by Gasteiger charge is 2.03. The number of aromatic nitrogens is 1. The number of carbonyl (C=O) groups is 1. The zero-order valence-electron chi connectivity index (χ0n) is 14.0. The minimum Gasteiger partial charge on any atom is -0.363 e. The zero-order chi connectivity index (χ0) is 17.8. The maximum Gasteiger partial charge on any atom is 0.248 e. The molecule has 0 aliphatic carbocycles. The van der Waals surface area contributed by atoms with Crippen LogP contribution in [0.5, 0.6) is 0 Å². The van der Waals surface area contributed by atoms with E-state index in [1.807, 2.05) is 61.5 Å². The predicted octanol–water partition coefficient (Wildman–Crippen LogP) is 4.61. The van der Waals surface area contributed by atoms with Gasteiger partial charge in [-0.3, -0.25) is 4.79 Å². The summed E-state index contributed by atoms with van der Waals surface area (Å²) in [6, 6.07) is 16.9. The third-order valence-corrected chi connectivity index (χ3v) is 3.95. The molecule has 0 saturated carbocycles. The topological polar surface area (TPSA) is 45.2 Å². The van der Waals surface area contributed by atoms with Gasteiger partial charge < -0.3 is 10.2 Å². The van der Waals surface area contributed by atoms with Gasteiger partial charge in [-0.2, -0.15) is 0 Å². The van der Waals surface area contributed by atoms with Crippen molar-refractivity contribution in [2.24, 2.45) is 0 Å². The SMILES string of the molecule is CN(C)c1ccc2cc(NC(=O)C=Cc3ccc(Cl)cc3)ccc2n1. The number of fused-ring (bicyclic) bond motifs is 1. The molecule has 0 atom stereocenters. The largest absolute Gasteiger partial charge is 0.363 e. The minimum absolute atomic E-state index is 0.188. The molecule has 0 aliphatic heterocycles. The number of carbonyl (C=O) groups excluding carboxylic acids is 1. The molecule has 4 nitrogen and oxygen atoms in total. The standard InChI is InChI=1S/C20H18ClN3O/c1-24(2)19-11-6-15-13-17(9-10-18(15)23-19)22-20(25)12-5-14-3-7-16(21)8-4-14/h3-13H,1-2H3,(H,22,25). The normalized spacial score (nSPS) is 11.0. The van der Waals surface area contributed by atoms with E-state index in [0.29, 0.717) is 5.02 Å². The van der Waals surface area contributed by atoms with E-state index >= 15 is 0 Å². The Morgan fingerprint density at radius 3 is 2.56 bits per heavy atom. The number of rotatable bonds is 4. The fourth-order valence-corrected chi connectivity index (χ4v) is 2.50. The highest BCUT2D eigenvalue weighted by atomic mass is 35.5. The number of amides is 1. The van der Waals surface area contributed by atoms with Gasteiger partial charge in [-0.25, -0.2) is 4.98 Å². The second kappa shape index (κ2) is 7.36. The first-order valence-electron chi connectivity index (χ1n) is 7.84. The lowest BCUT2D eigenvalue weighted by Gasteiger charge is -2.12. The number of hydrogen-bond acceptors (Lipinski definition) is 3. The van der Waals surface area contributed by atoms with Crippen LogP contribution in [-0.4, -0.2) is 25.0 Å². The molecule has 1 aromatic heterocycles. The highest BCUT2D eigenvalue weighted by Crippen LogP contribution is 2.20. The van der Waals surface area contributed by atoms with Crippen LogP contribution in [-0.2, 0) is 4.79 Å². The fourth-order valence-electron chi connectivity index (χ4n) is 2.37. The van der Waals surface area contributed by atoms with Crippen molar-refractivity contribution in [2.75, 3.05) is 24.3 Å². The third-order valence-electron chi connectivity index (χ3n) is 3.70. The van der Waals surface area contributed by atoms with Gasteiger partial charge in [0.25, 0.3) is 0 Å². The Morgan fingerprint density at radius 1 is 1.08 bits per heavy atom. The second-order valence-electron chi connectivity index (χ2n) is 5.85. The first-order valence-corrected chi connectivity index (χ1v) is 8.22. The zero-order valence-corrected chi connectivity index (χ0v) is 14.8. The van der Waals surface area contributed by atoms with Crippen molar-refractivity contribution >= 4 is 46.0 Å². The van der Waals surface area contributed by atoms with Gasteiger partial charge >= 0.3 is 0 Å². The van der Waals surface area contributed by atoms with Crippen molar-refractivity contribution in [1.29, 1.82) is 0 Å². The van der Waals surface area contributed by atoms with Crippen LogP contribution in [0.15, 0.2) is 60.7 Å². The van der Waals surface area contributed by atoms with Crippen molar-refractivity contribution in [3.05, 3.63) is 71.3 Å². The molecule has 126 valence electrons. The Bertz CT molecular complexity index is 933. The minimum atomic E-state index is -0.188. The first-order chi connectivity index (χ1) is 12.0. The van der Waals surface area contributed by atoms with Gasteiger partial charge in [-0.1, -0.05) is 23.7 Å². The van der Waals surface area contributed by atoms with E-state index in [2.05, 4.69) is 10.3 Å². The van der Waals surface area contributed by atoms with Gasteiger partial charge in [-0.05, 0) is 54.1 Å². The molecule has 0 bridgehead atoms. The summed E-state index contributed by atoms with van der Waals surface area (Å²) in [7, 11) is 3.91. The van der Waals surface area contributed by atoms with Crippen molar-refractivity contribution < 1.29 is 4.79 Å². The van der Waals surface area contributed by atoms with Crippen LogP contribution < -0.4 is 10.2 Å². The summed E-state index contributed by atoms with van der Waals surface area (Å²) in [6.45, 7) is 0. The maximum atomic E-state index is 12.1. The van der Waals surface area contributed by atoms with Crippen LogP contribution in [0, 0.1) is 0 Å². The van der Waals surface area contributed by atoms with Gasteiger partial charge in [0.05, 0.1) is 5.52 Å². The smallest absolute Gasteiger partial charge is 0.248 e. The average molecular weight is 352 g/mol. The number of halogens is 1. The lowest BCUT2D eigenvalue weighted by atomic mass is 10.2. The maximum absolute atomic E-state index is 12.1. The molecule has 1 heterocycles. The van der Waals surface area contributed by atoms with E-state index in [0.717, 1.165) is 28.0 Å². The van der Waals surface area contributed by atoms with Crippen LogP contribution in [0.2, 0.25) is 5.02 Å². The molecule has 0 spiro atoms. The van der Waals surface area contributed by atoms with E-state index in [1.165, 1.54) is 6.08 Å². The molecule has 5 heteroatoms. The molecular weight excluding hydrogens is 334 g/mol. The van der Waals surface area contributed by atoms with Gasteiger partial charge in [0, 0.05) is 36.3 Å². The Hall–Kier alpha value is -2.85. The molecular formula is C20H18ClN3O. The van der Waals surface area contributed by atoms with Crippen LogP contribution in [0.1, 0.15) is 5.56 Å². The van der Waals surface area contributed by atoms with E-state index in [4.69, 9.17) is 11.6 Å². The number of pyridine rings is 1. The summed E-state index contributed by atoms with van der Waals surface area (Å²) < 4.78 is 0.